The molecule has 2 aliphatic heterocycles. The summed E-state index contributed by atoms with van der Waals surface area (Å²) in [5.41, 5.74) is 4.35. The molecule has 0 bridgehead atoms. The Morgan fingerprint density at radius 3 is 2.87 bits per heavy atom. The topological polar surface area (TPSA) is 110 Å². The van der Waals surface area contributed by atoms with Crippen molar-refractivity contribution in [1.82, 2.24) is 29.5 Å². The van der Waals surface area contributed by atoms with Crippen molar-refractivity contribution in [3.63, 3.8) is 0 Å². The lowest BCUT2D eigenvalue weighted by Gasteiger charge is -2.45. The zero-order valence-electron chi connectivity index (χ0n) is 21.5. The van der Waals surface area contributed by atoms with Crippen LogP contribution in [0.4, 0.5) is 17.2 Å². The molecule has 11 heteroatoms. The van der Waals surface area contributed by atoms with E-state index in [1.54, 1.807) is 17.8 Å². The highest BCUT2D eigenvalue weighted by atomic mass is 16.5. The van der Waals surface area contributed by atoms with Crippen molar-refractivity contribution >= 4 is 39.6 Å². The summed E-state index contributed by atoms with van der Waals surface area (Å²) in [5.74, 6) is 2.97. The van der Waals surface area contributed by atoms with Crippen LogP contribution in [0.15, 0.2) is 61.3 Å². The lowest BCUT2D eigenvalue weighted by Crippen LogP contribution is -2.58. The summed E-state index contributed by atoms with van der Waals surface area (Å²) in [6.07, 6.45) is 4.88. The molecule has 196 valence electrons. The Balaban J connectivity index is 1.17. The maximum atomic E-state index is 11.9. The predicted octanol–water partition coefficient (Wildman–Crippen LogP) is 3.95. The van der Waals surface area contributed by atoms with Crippen LogP contribution in [0.1, 0.15) is 12.5 Å². The van der Waals surface area contributed by atoms with E-state index in [9.17, 15) is 4.79 Å². The number of pyridine rings is 1. The molecule has 3 aromatic heterocycles. The molecule has 1 saturated heterocycles. The van der Waals surface area contributed by atoms with E-state index < -0.39 is 0 Å². The van der Waals surface area contributed by atoms with Crippen molar-refractivity contribution in [3.05, 3.63) is 66.9 Å². The molecule has 0 saturated carbocycles. The zero-order valence-corrected chi connectivity index (χ0v) is 21.5. The van der Waals surface area contributed by atoms with Gasteiger partial charge in [-0.05, 0) is 48.9 Å². The van der Waals surface area contributed by atoms with Crippen LogP contribution in [0.5, 0.6) is 17.2 Å². The van der Waals surface area contributed by atoms with E-state index in [4.69, 9.17) is 9.47 Å². The number of amides is 1. The Hall–Kier alpha value is -4.93. The first-order chi connectivity index (χ1) is 19.0. The van der Waals surface area contributed by atoms with Crippen LogP contribution in [0, 0.1) is 6.92 Å². The molecule has 1 amide bonds. The van der Waals surface area contributed by atoms with Gasteiger partial charge in [-0.3, -0.25) is 4.79 Å². The number of fused-ring (bicyclic) bond motifs is 6. The lowest BCUT2D eigenvalue weighted by molar-refractivity contribution is -0.129. The summed E-state index contributed by atoms with van der Waals surface area (Å²) < 4.78 is 14.1. The fourth-order valence-electron chi connectivity index (χ4n) is 5.32. The van der Waals surface area contributed by atoms with Crippen molar-refractivity contribution < 1.29 is 14.3 Å². The largest absolute Gasteiger partial charge is 0.488 e. The number of carbonyl (C=O) groups is 1. The van der Waals surface area contributed by atoms with Crippen LogP contribution >= 0.6 is 0 Å². The van der Waals surface area contributed by atoms with Crippen molar-refractivity contribution in [2.24, 2.45) is 0 Å². The van der Waals surface area contributed by atoms with Gasteiger partial charge in [0.15, 0.2) is 11.4 Å². The quantitative estimate of drug-likeness (QED) is 0.375. The molecule has 2 aromatic carbocycles. The second-order valence-corrected chi connectivity index (χ2v) is 9.79. The number of nitrogens with zero attached hydrogens (tertiary/aromatic N) is 7. The third kappa shape index (κ3) is 4.12. The van der Waals surface area contributed by atoms with Crippen LogP contribution in [-0.2, 0) is 4.79 Å². The summed E-state index contributed by atoms with van der Waals surface area (Å²) in [5, 5.41) is 8.42. The first-order valence-electron chi connectivity index (χ1n) is 12.8. The van der Waals surface area contributed by atoms with E-state index in [2.05, 4.69) is 36.3 Å². The van der Waals surface area contributed by atoms with Gasteiger partial charge in [0.25, 0.3) is 0 Å². The molecular formula is C28H26N8O3. The zero-order chi connectivity index (χ0) is 26.5. The minimum atomic E-state index is 0.0990. The van der Waals surface area contributed by atoms with Gasteiger partial charge >= 0.3 is 0 Å². The number of benzene rings is 2. The molecular weight excluding hydrogens is 496 g/mol. The highest BCUT2D eigenvalue weighted by Gasteiger charge is 2.35. The van der Waals surface area contributed by atoms with E-state index in [0.29, 0.717) is 31.3 Å². The Morgan fingerprint density at radius 2 is 2.00 bits per heavy atom. The minimum absolute atomic E-state index is 0.0990. The third-order valence-corrected chi connectivity index (χ3v) is 7.31. The SMILES string of the molecule is CC(=O)N1CCN2c3ccc4ncnc(Nc5ccc(Oc6ccn7ncnc7c6)c(C)c5)c4c3OC[C@H]2C1. The number of ether oxygens (including phenoxy) is 2. The number of nitrogens with one attached hydrogen (secondary N) is 1. The van der Waals surface area contributed by atoms with Gasteiger partial charge < -0.3 is 24.6 Å². The summed E-state index contributed by atoms with van der Waals surface area (Å²) >= 11 is 0. The maximum absolute atomic E-state index is 11.9. The maximum Gasteiger partial charge on any atom is 0.219 e. The summed E-state index contributed by atoms with van der Waals surface area (Å²) in [6, 6.07) is 13.8. The normalized spacial score (nSPS) is 16.5. The van der Waals surface area contributed by atoms with Crippen LogP contribution in [0.3, 0.4) is 0 Å². The van der Waals surface area contributed by atoms with Crippen molar-refractivity contribution in [2.45, 2.75) is 19.9 Å². The van der Waals surface area contributed by atoms with E-state index in [-0.39, 0.29) is 11.9 Å². The van der Waals surface area contributed by atoms with Gasteiger partial charge in [-0.1, -0.05) is 0 Å². The van der Waals surface area contributed by atoms with Crippen molar-refractivity contribution in [2.75, 3.05) is 36.5 Å². The highest BCUT2D eigenvalue weighted by molar-refractivity contribution is 6.00. The standard InChI is InChI=1S/C28H26N8O3/c1-17-11-19(3-6-24(17)39-21-7-8-36-25(12-21)30-16-32-36)33-28-26-22(29-15-31-28)4-5-23-27(26)38-14-20-13-34(18(2)37)9-10-35(20)23/h3-8,11-12,15-16,20H,9-10,13-14H2,1-2H3,(H,29,31,33)/t20-/m1/s1. The van der Waals surface area contributed by atoms with Crippen LogP contribution < -0.4 is 19.7 Å². The second kappa shape index (κ2) is 9.12. The Labute approximate surface area is 224 Å². The van der Waals surface area contributed by atoms with Crippen LogP contribution in [0.2, 0.25) is 0 Å². The summed E-state index contributed by atoms with van der Waals surface area (Å²) in [4.78, 5) is 29.4. The monoisotopic (exact) mass is 522 g/mol. The fourth-order valence-corrected chi connectivity index (χ4v) is 5.32. The lowest BCUT2D eigenvalue weighted by atomic mass is 10.1. The molecule has 0 spiro atoms. The number of carbonyl (C=O) groups excluding carboxylic acids is 1. The molecule has 0 unspecified atom stereocenters. The molecule has 1 atom stereocenters. The molecule has 5 heterocycles. The van der Waals surface area contributed by atoms with Crippen LogP contribution in [0.25, 0.3) is 16.6 Å². The average Bonchev–Trinajstić information content (AvgIpc) is 3.42. The van der Waals surface area contributed by atoms with Gasteiger partial charge in [0.1, 0.15) is 36.6 Å². The minimum Gasteiger partial charge on any atom is -0.488 e. The first-order valence-corrected chi connectivity index (χ1v) is 12.8. The number of aryl methyl sites for hydroxylation is 1. The van der Waals surface area contributed by atoms with Crippen LogP contribution in [-0.4, -0.2) is 67.7 Å². The number of anilines is 3. The molecule has 7 rings (SSSR count). The number of piperazine rings is 1. The van der Waals surface area contributed by atoms with Gasteiger partial charge in [-0.2, -0.15) is 5.10 Å². The molecule has 0 radical (unpaired) electrons. The van der Waals surface area contributed by atoms with Gasteiger partial charge in [0, 0.05) is 44.5 Å². The van der Waals surface area contributed by atoms with Crippen molar-refractivity contribution in [3.8, 4) is 17.2 Å². The first kappa shape index (κ1) is 23.2. The molecule has 1 N–H and O–H groups in total. The third-order valence-electron chi connectivity index (χ3n) is 7.31. The number of hydrogen-bond acceptors (Lipinski definition) is 9. The van der Waals surface area contributed by atoms with E-state index >= 15 is 0 Å². The van der Waals surface area contributed by atoms with E-state index in [1.165, 1.54) is 6.33 Å². The smallest absolute Gasteiger partial charge is 0.219 e. The Bertz CT molecular complexity index is 1740. The summed E-state index contributed by atoms with van der Waals surface area (Å²) in [6.45, 7) is 6.22. The summed E-state index contributed by atoms with van der Waals surface area (Å²) in [7, 11) is 0. The number of rotatable bonds is 4. The molecule has 0 aliphatic carbocycles. The molecule has 2 aliphatic rings. The number of hydrogen-bond donors (Lipinski definition) is 1. The van der Waals surface area contributed by atoms with Gasteiger partial charge in [0.05, 0.1) is 22.6 Å². The predicted molar refractivity (Wildman–Crippen MR) is 146 cm³/mol. The highest BCUT2D eigenvalue weighted by Crippen LogP contribution is 2.43. The van der Waals surface area contributed by atoms with E-state index in [1.807, 2.05) is 54.4 Å². The van der Waals surface area contributed by atoms with Gasteiger partial charge in [-0.15, -0.1) is 0 Å². The molecule has 11 nitrogen and oxygen atoms in total. The number of aromatic nitrogens is 5. The van der Waals surface area contributed by atoms with Gasteiger partial charge in [0.2, 0.25) is 5.91 Å². The Morgan fingerprint density at radius 1 is 1.08 bits per heavy atom. The molecule has 1 fully saturated rings. The molecule has 5 aromatic rings. The Kier molecular flexibility index (Phi) is 5.43. The van der Waals surface area contributed by atoms with Gasteiger partial charge in [-0.25, -0.2) is 19.5 Å². The van der Waals surface area contributed by atoms with E-state index in [0.717, 1.165) is 51.5 Å². The second-order valence-electron chi connectivity index (χ2n) is 9.79. The molecule has 39 heavy (non-hydrogen) atoms. The average molecular weight is 523 g/mol. The van der Waals surface area contributed by atoms with Crippen molar-refractivity contribution in [1.29, 1.82) is 0 Å². The fraction of sp³-hybridized carbons (Fsp3) is 0.250.